The summed E-state index contributed by atoms with van der Waals surface area (Å²) in [5.74, 6) is 1.50. The molecule has 0 spiro atoms. The van der Waals surface area contributed by atoms with Crippen LogP contribution in [0.5, 0.6) is 5.75 Å². The number of nitrogens with one attached hydrogen (secondary N) is 1. The van der Waals surface area contributed by atoms with Gasteiger partial charge in [-0.25, -0.2) is 13.1 Å². The van der Waals surface area contributed by atoms with Crippen LogP contribution in [0.15, 0.2) is 47.4 Å². The van der Waals surface area contributed by atoms with E-state index < -0.39 is 21.8 Å². The van der Waals surface area contributed by atoms with Gasteiger partial charge in [0.15, 0.2) is 0 Å². The molecule has 0 heterocycles. The third kappa shape index (κ3) is 3.85. The molecule has 0 amide bonds. The molecule has 0 aliphatic heterocycles. The molecule has 5 rings (SSSR count). The second-order valence-electron chi connectivity index (χ2n) is 10.1. The SMILES string of the molecule is C[C@]12CCC3c4ccc(O)cc4CCC3C1CC[C@@H]2NS(=O)(=O)c1cccc(C(F)(F)F)c1. The first-order valence-electron chi connectivity index (χ1n) is 11.5. The zero-order valence-corrected chi connectivity index (χ0v) is 19.2. The lowest BCUT2D eigenvalue weighted by Crippen LogP contribution is -2.50. The first-order chi connectivity index (χ1) is 15.5. The Balaban J connectivity index is 1.38. The Morgan fingerprint density at radius 1 is 1.06 bits per heavy atom. The molecule has 0 bridgehead atoms. The van der Waals surface area contributed by atoms with Crippen molar-refractivity contribution in [3.8, 4) is 5.75 Å². The summed E-state index contributed by atoms with van der Waals surface area (Å²) in [6.45, 7) is 2.15. The number of rotatable bonds is 3. The second kappa shape index (κ2) is 7.73. The molecule has 4 nitrogen and oxygen atoms in total. The summed E-state index contributed by atoms with van der Waals surface area (Å²) < 4.78 is 68.2. The van der Waals surface area contributed by atoms with Gasteiger partial charge in [0.2, 0.25) is 10.0 Å². The molecule has 178 valence electrons. The number of phenolic OH excluding ortho intramolecular Hbond substituents is 1. The largest absolute Gasteiger partial charge is 0.508 e. The van der Waals surface area contributed by atoms with Crippen LogP contribution >= 0.6 is 0 Å². The predicted octanol–water partition coefficient (Wildman–Crippen LogP) is 5.61. The van der Waals surface area contributed by atoms with Gasteiger partial charge in [0.25, 0.3) is 0 Å². The number of halogens is 3. The van der Waals surface area contributed by atoms with Crippen LogP contribution in [0, 0.1) is 17.3 Å². The Kier molecular flexibility index (Phi) is 5.32. The van der Waals surface area contributed by atoms with Crippen LogP contribution < -0.4 is 4.72 Å². The lowest BCUT2D eigenvalue weighted by molar-refractivity contribution is -0.137. The smallest absolute Gasteiger partial charge is 0.416 e. The fraction of sp³-hybridized carbons (Fsp3) is 0.520. The standard InChI is InChI=1S/C25H28F3NO3S/c1-24-12-11-20-19-8-6-17(30)13-15(19)5-7-21(20)22(24)9-10-23(24)29-33(31,32)18-4-2-3-16(14-18)25(26,27)28/h2-4,6,8,13-14,20-23,29-30H,5,7,9-12H2,1H3/t20?,21?,22?,23-,24-/m0/s1. The molecule has 0 radical (unpaired) electrons. The van der Waals surface area contributed by atoms with Crippen molar-refractivity contribution in [2.45, 2.75) is 68.5 Å². The summed E-state index contributed by atoms with van der Waals surface area (Å²) in [4.78, 5) is -0.343. The van der Waals surface area contributed by atoms with Crippen molar-refractivity contribution in [3.05, 3.63) is 59.2 Å². The van der Waals surface area contributed by atoms with Crippen molar-refractivity contribution in [1.29, 1.82) is 0 Å². The quantitative estimate of drug-likeness (QED) is 0.601. The minimum absolute atomic E-state index is 0.232. The summed E-state index contributed by atoms with van der Waals surface area (Å²) in [5.41, 5.74) is 1.32. The summed E-state index contributed by atoms with van der Waals surface area (Å²) >= 11 is 0. The number of hydrogen-bond donors (Lipinski definition) is 2. The molecule has 2 aromatic rings. The molecule has 5 atom stereocenters. The van der Waals surface area contributed by atoms with Crippen molar-refractivity contribution in [1.82, 2.24) is 4.72 Å². The van der Waals surface area contributed by atoms with Gasteiger partial charge in [0.05, 0.1) is 10.5 Å². The van der Waals surface area contributed by atoms with E-state index in [9.17, 15) is 26.7 Å². The van der Waals surface area contributed by atoms with Crippen LogP contribution in [-0.2, 0) is 22.6 Å². The third-order valence-electron chi connectivity index (χ3n) is 8.48. The minimum atomic E-state index is -4.59. The topological polar surface area (TPSA) is 66.4 Å². The Hall–Kier alpha value is -2.06. The van der Waals surface area contributed by atoms with Crippen molar-refractivity contribution in [2.75, 3.05) is 0 Å². The fourth-order valence-electron chi connectivity index (χ4n) is 6.86. The summed E-state index contributed by atoms with van der Waals surface area (Å²) in [6, 6.07) is 9.29. The summed E-state index contributed by atoms with van der Waals surface area (Å²) in [7, 11) is -4.08. The van der Waals surface area contributed by atoms with E-state index >= 15 is 0 Å². The second-order valence-corrected chi connectivity index (χ2v) is 11.8. The monoisotopic (exact) mass is 479 g/mol. The van der Waals surface area contributed by atoms with E-state index in [2.05, 4.69) is 11.6 Å². The Morgan fingerprint density at radius 3 is 2.61 bits per heavy atom. The Morgan fingerprint density at radius 2 is 1.85 bits per heavy atom. The molecule has 8 heteroatoms. The molecule has 0 saturated heterocycles. The summed E-state index contributed by atoms with van der Waals surface area (Å²) in [5, 5.41) is 9.85. The highest BCUT2D eigenvalue weighted by Gasteiger charge is 2.55. The van der Waals surface area contributed by atoms with Gasteiger partial charge < -0.3 is 5.11 Å². The van der Waals surface area contributed by atoms with Crippen LogP contribution in [0.2, 0.25) is 0 Å². The van der Waals surface area contributed by atoms with E-state index in [1.807, 2.05) is 12.1 Å². The van der Waals surface area contributed by atoms with Crippen LogP contribution in [0.4, 0.5) is 13.2 Å². The predicted molar refractivity (Wildman–Crippen MR) is 118 cm³/mol. The number of alkyl halides is 3. The van der Waals surface area contributed by atoms with Gasteiger partial charge >= 0.3 is 6.18 Å². The fourth-order valence-corrected chi connectivity index (χ4v) is 8.29. The van der Waals surface area contributed by atoms with Crippen molar-refractivity contribution >= 4 is 10.0 Å². The number of sulfonamides is 1. The van der Waals surface area contributed by atoms with Gasteiger partial charge in [-0.2, -0.15) is 13.2 Å². The van der Waals surface area contributed by atoms with E-state index in [-0.39, 0.29) is 22.1 Å². The first kappa shape index (κ1) is 22.7. The van der Waals surface area contributed by atoms with Crippen LogP contribution in [0.1, 0.15) is 61.6 Å². The van der Waals surface area contributed by atoms with Gasteiger partial charge in [-0.3, -0.25) is 0 Å². The Labute approximate surface area is 192 Å². The van der Waals surface area contributed by atoms with Crippen molar-refractivity contribution in [2.24, 2.45) is 17.3 Å². The zero-order chi connectivity index (χ0) is 23.6. The van der Waals surface area contributed by atoms with E-state index in [0.717, 1.165) is 44.2 Å². The van der Waals surface area contributed by atoms with E-state index in [4.69, 9.17) is 0 Å². The highest BCUT2D eigenvalue weighted by atomic mass is 32.2. The lowest BCUT2D eigenvalue weighted by atomic mass is 9.55. The maximum Gasteiger partial charge on any atom is 0.416 e. The normalized spacial score (nSPS) is 31.5. The molecule has 2 aromatic carbocycles. The molecule has 0 aromatic heterocycles. The van der Waals surface area contributed by atoms with E-state index in [1.165, 1.54) is 17.2 Å². The number of aromatic hydroxyl groups is 1. The van der Waals surface area contributed by atoms with E-state index in [0.29, 0.717) is 30.2 Å². The highest BCUT2D eigenvalue weighted by molar-refractivity contribution is 7.89. The lowest BCUT2D eigenvalue weighted by Gasteiger charge is -2.51. The van der Waals surface area contributed by atoms with Gasteiger partial charge in [0.1, 0.15) is 5.75 Å². The maximum absolute atomic E-state index is 13.1. The van der Waals surface area contributed by atoms with Gasteiger partial charge in [-0.15, -0.1) is 0 Å². The average molecular weight is 480 g/mol. The number of benzene rings is 2. The molecule has 3 unspecified atom stereocenters. The van der Waals surface area contributed by atoms with Crippen LogP contribution in [0.25, 0.3) is 0 Å². The molecule has 33 heavy (non-hydrogen) atoms. The van der Waals surface area contributed by atoms with Gasteiger partial charge in [0, 0.05) is 6.04 Å². The molecule has 3 aliphatic carbocycles. The average Bonchev–Trinajstić information content (AvgIpc) is 3.08. The maximum atomic E-state index is 13.1. The third-order valence-corrected chi connectivity index (χ3v) is 9.95. The molecule has 2 N–H and O–H groups in total. The molecular formula is C25H28F3NO3S. The molecule has 3 aliphatic rings. The number of phenols is 1. The van der Waals surface area contributed by atoms with E-state index in [1.54, 1.807) is 6.07 Å². The number of fused-ring (bicyclic) bond motifs is 5. The number of hydrogen-bond acceptors (Lipinski definition) is 3. The molecule has 2 saturated carbocycles. The van der Waals surface area contributed by atoms with Gasteiger partial charge in [-0.1, -0.05) is 19.1 Å². The molecule has 2 fully saturated rings. The summed E-state index contributed by atoms with van der Waals surface area (Å²) in [6.07, 6.45) is 0.701. The minimum Gasteiger partial charge on any atom is -0.508 e. The Bertz CT molecular complexity index is 1180. The van der Waals surface area contributed by atoms with Crippen molar-refractivity contribution < 1.29 is 26.7 Å². The van der Waals surface area contributed by atoms with Gasteiger partial charge in [-0.05, 0) is 103 Å². The first-order valence-corrected chi connectivity index (χ1v) is 13.0. The van der Waals surface area contributed by atoms with Crippen molar-refractivity contribution in [3.63, 3.8) is 0 Å². The highest BCUT2D eigenvalue weighted by Crippen LogP contribution is 2.61. The molecular weight excluding hydrogens is 451 g/mol. The number of aryl methyl sites for hydroxylation is 1. The zero-order valence-electron chi connectivity index (χ0n) is 18.4. The van der Waals surface area contributed by atoms with Crippen LogP contribution in [-0.4, -0.2) is 19.6 Å². The van der Waals surface area contributed by atoms with Crippen LogP contribution in [0.3, 0.4) is 0 Å².